The third kappa shape index (κ3) is 10.6. The van der Waals surface area contributed by atoms with Gasteiger partial charge >= 0.3 is 5.97 Å². The fourth-order valence-corrected chi connectivity index (χ4v) is 1.74. The number of ether oxygens (including phenoxy) is 1. The highest BCUT2D eigenvalue weighted by Gasteiger charge is 2.17. The van der Waals surface area contributed by atoms with Crippen LogP contribution >= 0.6 is 0 Å². The first-order valence-corrected chi connectivity index (χ1v) is 6.07. The summed E-state index contributed by atoms with van der Waals surface area (Å²) < 4.78 is 5.79. The number of quaternary nitrogens is 1. The first kappa shape index (κ1) is 19.8. The van der Waals surface area contributed by atoms with Crippen LogP contribution in [0.4, 0.5) is 0 Å². The van der Waals surface area contributed by atoms with E-state index in [0.29, 0.717) is 12.2 Å². The van der Waals surface area contributed by atoms with Gasteiger partial charge in [0.05, 0.1) is 27.2 Å². The quantitative estimate of drug-likeness (QED) is 0.251. The molecule has 0 aliphatic heterocycles. The van der Waals surface area contributed by atoms with Crippen molar-refractivity contribution in [2.75, 3.05) is 33.8 Å². The molecular weight excluding hydrogens is 254 g/mol. The summed E-state index contributed by atoms with van der Waals surface area (Å²) in [4.78, 5) is 11.1. The fourth-order valence-electron chi connectivity index (χ4n) is 1.74. The number of hydrogen-bond donors (Lipinski definition) is 1. The van der Waals surface area contributed by atoms with E-state index in [1.54, 1.807) is 13.8 Å². The highest BCUT2D eigenvalue weighted by Crippen LogP contribution is 2.04. The van der Waals surface area contributed by atoms with Crippen molar-refractivity contribution in [1.29, 1.82) is 0 Å². The molecule has 5 heteroatoms. The molecule has 0 aromatic heterocycles. The van der Waals surface area contributed by atoms with Gasteiger partial charge in [-0.15, -0.1) is 0 Å². The lowest BCUT2D eigenvalue weighted by Crippen LogP contribution is -3.00. The molecule has 0 bridgehead atoms. The average molecular weight is 280 g/mol. The van der Waals surface area contributed by atoms with Gasteiger partial charge in [-0.1, -0.05) is 6.58 Å². The fraction of sp³-hybridized carbons (Fsp3) is 0.769. The maximum Gasteiger partial charge on any atom is 0.333 e. The number of carbonyl (C=O) groups excluding carboxylic acids is 1. The second-order valence-electron chi connectivity index (χ2n) is 5.31. The Labute approximate surface area is 117 Å². The number of unbranched alkanes of at least 4 members (excludes halogenated alkanes) is 1. The Balaban J connectivity index is 0. The van der Waals surface area contributed by atoms with Crippen LogP contribution in [0.1, 0.15) is 26.7 Å². The molecule has 0 aliphatic rings. The normalized spacial score (nSPS) is 12.5. The lowest BCUT2D eigenvalue weighted by atomic mass is 10.2. The second kappa shape index (κ2) is 9.36. The van der Waals surface area contributed by atoms with E-state index in [4.69, 9.17) is 4.74 Å². The zero-order valence-corrected chi connectivity index (χ0v) is 12.7. The van der Waals surface area contributed by atoms with Crippen molar-refractivity contribution >= 4 is 5.97 Å². The molecule has 0 heterocycles. The molecule has 18 heavy (non-hydrogen) atoms. The van der Waals surface area contributed by atoms with Crippen LogP contribution < -0.4 is 12.4 Å². The number of carbonyl (C=O) groups is 1. The number of rotatable bonds is 8. The molecule has 0 aromatic rings. The number of hydrogen-bond acceptors (Lipinski definition) is 3. The summed E-state index contributed by atoms with van der Waals surface area (Å²) in [6.07, 6.45) is 1.54. The lowest BCUT2D eigenvalue weighted by molar-refractivity contribution is -0.893. The number of nitrogens with zero attached hydrogens (tertiary/aromatic N) is 1. The SMILES string of the molecule is C=C(C)C(=O)OCCCC[N+](C)(C)CC(C)O.[Cl-]. The van der Waals surface area contributed by atoms with Crippen LogP contribution in [0, 0.1) is 0 Å². The standard InChI is InChI=1S/C13H26NO3.ClH/c1-11(2)13(16)17-9-7-6-8-14(4,5)10-12(3)15;/h12,15H,1,6-10H2,2-5H3;1H/q+1;/p-1. The maximum atomic E-state index is 11.1. The predicted octanol–water partition coefficient (Wildman–Crippen LogP) is -1.65. The molecular formula is C13H26ClNO3. The Bertz CT molecular complexity index is 265. The van der Waals surface area contributed by atoms with Gasteiger partial charge in [-0.05, 0) is 26.7 Å². The van der Waals surface area contributed by atoms with Crippen molar-refractivity contribution in [3.63, 3.8) is 0 Å². The average Bonchev–Trinajstić information content (AvgIpc) is 2.14. The molecule has 0 aromatic carbocycles. The van der Waals surface area contributed by atoms with E-state index in [-0.39, 0.29) is 24.5 Å². The van der Waals surface area contributed by atoms with Gasteiger partial charge < -0.3 is 26.7 Å². The summed E-state index contributed by atoms with van der Waals surface area (Å²) in [5, 5.41) is 9.33. The molecule has 0 fully saturated rings. The van der Waals surface area contributed by atoms with Crippen molar-refractivity contribution < 1.29 is 31.5 Å². The van der Waals surface area contributed by atoms with E-state index in [1.807, 2.05) is 0 Å². The topological polar surface area (TPSA) is 46.5 Å². The lowest BCUT2D eigenvalue weighted by Gasteiger charge is -2.30. The molecule has 0 radical (unpaired) electrons. The third-order valence-electron chi connectivity index (χ3n) is 2.50. The van der Waals surface area contributed by atoms with Crippen LogP contribution in [0.15, 0.2) is 12.2 Å². The zero-order valence-electron chi connectivity index (χ0n) is 11.9. The Morgan fingerprint density at radius 1 is 1.39 bits per heavy atom. The summed E-state index contributed by atoms with van der Waals surface area (Å²) in [5.74, 6) is -0.317. The summed E-state index contributed by atoms with van der Waals surface area (Å²) >= 11 is 0. The van der Waals surface area contributed by atoms with Gasteiger partial charge in [0.2, 0.25) is 0 Å². The first-order chi connectivity index (χ1) is 7.74. The highest BCUT2D eigenvalue weighted by atomic mass is 35.5. The summed E-state index contributed by atoms with van der Waals surface area (Å²) in [6, 6.07) is 0. The molecule has 108 valence electrons. The van der Waals surface area contributed by atoms with E-state index in [9.17, 15) is 9.90 Å². The first-order valence-electron chi connectivity index (χ1n) is 6.07. The molecule has 0 saturated carbocycles. The van der Waals surface area contributed by atoms with Crippen molar-refractivity contribution in [3.8, 4) is 0 Å². The number of esters is 1. The van der Waals surface area contributed by atoms with E-state index in [0.717, 1.165) is 30.4 Å². The van der Waals surface area contributed by atoms with Gasteiger partial charge in [0, 0.05) is 5.57 Å². The van der Waals surface area contributed by atoms with Crippen molar-refractivity contribution in [3.05, 3.63) is 12.2 Å². The van der Waals surface area contributed by atoms with Crippen molar-refractivity contribution in [2.24, 2.45) is 0 Å². The minimum Gasteiger partial charge on any atom is -1.00 e. The van der Waals surface area contributed by atoms with Gasteiger partial charge in [-0.3, -0.25) is 0 Å². The molecule has 0 rings (SSSR count). The monoisotopic (exact) mass is 279 g/mol. The second-order valence-corrected chi connectivity index (χ2v) is 5.31. The number of aliphatic hydroxyl groups is 1. The number of likely N-dealkylation sites (N-methyl/N-ethyl adjacent to an activating group) is 1. The van der Waals surface area contributed by atoms with Crippen LogP contribution in [-0.4, -0.2) is 55.5 Å². The Morgan fingerprint density at radius 3 is 2.39 bits per heavy atom. The highest BCUT2D eigenvalue weighted by molar-refractivity contribution is 5.86. The molecule has 0 amide bonds. The van der Waals surface area contributed by atoms with Crippen molar-refractivity contribution in [1.82, 2.24) is 0 Å². The molecule has 0 saturated heterocycles. The minimum atomic E-state index is -0.317. The molecule has 4 nitrogen and oxygen atoms in total. The predicted molar refractivity (Wildman–Crippen MR) is 68.5 cm³/mol. The van der Waals surface area contributed by atoms with Crippen molar-refractivity contribution in [2.45, 2.75) is 32.8 Å². The van der Waals surface area contributed by atoms with Crippen LogP contribution in [0.3, 0.4) is 0 Å². The van der Waals surface area contributed by atoms with E-state index >= 15 is 0 Å². The molecule has 0 aliphatic carbocycles. The van der Waals surface area contributed by atoms with E-state index in [2.05, 4.69) is 20.7 Å². The maximum absolute atomic E-state index is 11.1. The zero-order chi connectivity index (χ0) is 13.5. The third-order valence-corrected chi connectivity index (χ3v) is 2.50. The van der Waals surface area contributed by atoms with Crippen LogP contribution in [0.2, 0.25) is 0 Å². The van der Waals surface area contributed by atoms with Gasteiger partial charge in [-0.25, -0.2) is 4.79 Å². The summed E-state index contributed by atoms with van der Waals surface area (Å²) in [5.41, 5.74) is 0.440. The van der Waals surface area contributed by atoms with Crippen LogP contribution in [0.25, 0.3) is 0 Å². The van der Waals surface area contributed by atoms with Crippen LogP contribution in [-0.2, 0) is 9.53 Å². The van der Waals surface area contributed by atoms with Gasteiger partial charge in [0.25, 0.3) is 0 Å². The molecule has 1 N–H and O–H groups in total. The summed E-state index contributed by atoms with van der Waals surface area (Å²) in [7, 11) is 4.18. The number of halogens is 1. The van der Waals surface area contributed by atoms with E-state index < -0.39 is 0 Å². The molecule has 0 spiro atoms. The van der Waals surface area contributed by atoms with Gasteiger partial charge in [0.15, 0.2) is 0 Å². The van der Waals surface area contributed by atoms with Crippen LogP contribution in [0.5, 0.6) is 0 Å². The van der Waals surface area contributed by atoms with Gasteiger partial charge in [0.1, 0.15) is 12.6 Å². The molecule has 1 atom stereocenters. The minimum absolute atomic E-state index is 0. The summed E-state index contributed by atoms with van der Waals surface area (Å²) in [6.45, 7) is 9.12. The largest absolute Gasteiger partial charge is 1.00 e. The van der Waals surface area contributed by atoms with E-state index in [1.165, 1.54) is 0 Å². The van der Waals surface area contributed by atoms with Gasteiger partial charge in [-0.2, -0.15) is 0 Å². The molecule has 1 unspecified atom stereocenters. The Hall–Kier alpha value is -0.580. The number of aliphatic hydroxyl groups excluding tert-OH is 1. The Morgan fingerprint density at radius 2 is 1.94 bits per heavy atom. The smallest absolute Gasteiger partial charge is 0.333 e. The Kier molecular flexibility index (Phi) is 10.3.